The van der Waals surface area contributed by atoms with Gasteiger partial charge in [-0.15, -0.1) is 0 Å². The summed E-state index contributed by atoms with van der Waals surface area (Å²) in [5.41, 5.74) is 1.76. The average Bonchev–Trinajstić information content (AvgIpc) is 2.84. The largest absolute Gasteiger partial charge is 0.496 e. The monoisotopic (exact) mass is 478 g/mol. The summed E-state index contributed by atoms with van der Waals surface area (Å²) in [7, 11) is -2.38. The molecule has 5 nitrogen and oxygen atoms in total. The summed E-state index contributed by atoms with van der Waals surface area (Å²) in [4.78, 5) is -0.0737. The van der Waals surface area contributed by atoms with E-state index < -0.39 is 18.0 Å². The molecular formula is C26H23O5PS. The molecule has 33 heavy (non-hydrogen) atoms. The first-order valence-electron chi connectivity index (χ1n) is 10.2. The van der Waals surface area contributed by atoms with E-state index in [-0.39, 0.29) is 4.90 Å². The van der Waals surface area contributed by atoms with Gasteiger partial charge in [0, 0.05) is 5.30 Å². The molecule has 0 saturated carbocycles. The van der Waals surface area contributed by atoms with Crippen molar-refractivity contribution in [3.63, 3.8) is 0 Å². The number of hydrogen-bond acceptors (Lipinski definition) is 4. The van der Waals surface area contributed by atoms with Crippen LogP contribution in [0, 0.1) is 0 Å². The average molecular weight is 479 g/mol. The molecule has 0 heterocycles. The van der Waals surface area contributed by atoms with Crippen LogP contribution in [0.15, 0.2) is 102 Å². The Labute approximate surface area is 195 Å². The van der Waals surface area contributed by atoms with Gasteiger partial charge in [0.25, 0.3) is 10.1 Å². The van der Waals surface area contributed by atoms with Crippen molar-refractivity contribution < 1.29 is 22.4 Å². The van der Waals surface area contributed by atoms with Gasteiger partial charge in [0.15, 0.2) is 0 Å². The van der Waals surface area contributed by atoms with Gasteiger partial charge in [-0.25, -0.2) is 0 Å². The number of ether oxygens (including phenoxy) is 2. The third kappa shape index (κ3) is 4.79. The summed E-state index contributed by atoms with van der Waals surface area (Å²) in [6, 6.07) is 29.9. The Morgan fingerprint density at radius 3 is 1.79 bits per heavy atom. The lowest BCUT2D eigenvalue weighted by Gasteiger charge is -2.22. The number of rotatable bonds is 7. The van der Waals surface area contributed by atoms with Gasteiger partial charge < -0.3 is 9.47 Å². The maximum Gasteiger partial charge on any atom is 0.295 e. The van der Waals surface area contributed by atoms with Crippen LogP contribution in [0.3, 0.4) is 0 Å². The second-order valence-corrected chi connectivity index (χ2v) is 10.8. The fraction of sp³-hybridized carbons (Fsp3) is 0.0769. The lowest BCUT2D eigenvalue weighted by molar-refractivity contribution is 0.397. The molecule has 0 aliphatic rings. The Bertz CT molecular complexity index is 1330. The molecule has 0 fully saturated rings. The van der Waals surface area contributed by atoms with Crippen molar-refractivity contribution >= 4 is 34.0 Å². The Morgan fingerprint density at radius 1 is 0.667 bits per heavy atom. The molecule has 1 N–H and O–H groups in total. The highest BCUT2D eigenvalue weighted by atomic mass is 32.2. The minimum Gasteiger partial charge on any atom is -0.496 e. The van der Waals surface area contributed by atoms with Crippen molar-refractivity contribution in [1.82, 2.24) is 0 Å². The van der Waals surface area contributed by atoms with Gasteiger partial charge >= 0.3 is 0 Å². The molecule has 168 valence electrons. The third-order valence-corrected chi connectivity index (χ3v) is 8.80. The normalized spacial score (nSPS) is 12.2. The Hall–Kier alpha value is -3.18. The first kappa shape index (κ1) is 23.0. The van der Waals surface area contributed by atoms with E-state index in [0.29, 0.717) is 16.8 Å². The Kier molecular flexibility index (Phi) is 6.80. The van der Waals surface area contributed by atoms with E-state index in [4.69, 9.17) is 9.47 Å². The van der Waals surface area contributed by atoms with Crippen LogP contribution >= 0.6 is 7.92 Å². The zero-order valence-corrected chi connectivity index (χ0v) is 19.9. The van der Waals surface area contributed by atoms with Crippen molar-refractivity contribution in [3.8, 4) is 22.6 Å². The smallest absolute Gasteiger partial charge is 0.295 e. The van der Waals surface area contributed by atoms with Crippen LogP contribution in [0.25, 0.3) is 11.1 Å². The lowest BCUT2D eigenvalue weighted by atomic mass is 10.0. The van der Waals surface area contributed by atoms with Crippen LogP contribution in [-0.2, 0) is 10.1 Å². The van der Waals surface area contributed by atoms with Gasteiger partial charge in [-0.3, -0.25) is 4.55 Å². The van der Waals surface area contributed by atoms with E-state index >= 15 is 0 Å². The van der Waals surface area contributed by atoms with Crippen LogP contribution in [0.5, 0.6) is 11.5 Å². The SMILES string of the molecule is COc1cccc(OC)c1-c1ccc(P(c2ccccc2)c2ccccc2S(=O)(=O)O)cc1. The summed E-state index contributed by atoms with van der Waals surface area (Å²) >= 11 is 0. The maximum atomic E-state index is 12.1. The molecule has 0 amide bonds. The number of hydrogen-bond donors (Lipinski definition) is 1. The van der Waals surface area contributed by atoms with E-state index in [2.05, 4.69) is 0 Å². The minimum absolute atomic E-state index is 0.0737. The van der Waals surface area contributed by atoms with Crippen molar-refractivity contribution in [3.05, 3.63) is 97.1 Å². The van der Waals surface area contributed by atoms with Crippen LogP contribution in [-0.4, -0.2) is 27.2 Å². The number of methoxy groups -OCH3 is 2. The molecule has 0 bridgehead atoms. The fourth-order valence-electron chi connectivity index (χ4n) is 3.78. The lowest BCUT2D eigenvalue weighted by Crippen LogP contribution is -2.24. The highest BCUT2D eigenvalue weighted by molar-refractivity contribution is 7.88. The molecule has 7 heteroatoms. The van der Waals surface area contributed by atoms with E-state index in [9.17, 15) is 13.0 Å². The van der Waals surface area contributed by atoms with E-state index in [1.807, 2.05) is 72.8 Å². The molecule has 4 aromatic carbocycles. The summed E-state index contributed by atoms with van der Waals surface area (Å²) in [6.07, 6.45) is 0. The van der Waals surface area contributed by atoms with Crippen LogP contribution in [0.1, 0.15) is 0 Å². The molecule has 0 spiro atoms. The predicted octanol–water partition coefficient (Wildman–Crippen LogP) is 4.38. The first-order valence-corrected chi connectivity index (χ1v) is 13.0. The highest BCUT2D eigenvalue weighted by Crippen LogP contribution is 2.40. The molecular weight excluding hydrogens is 455 g/mol. The Balaban J connectivity index is 1.87. The molecule has 0 aliphatic carbocycles. The molecule has 0 aliphatic heterocycles. The molecule has 4 aromatic rings. The fourth-order valence-corrected chi connectivity index (χ4v) is 7.28. The van der Waals surface area contributed by atoms with E-state index in [1.54, 1.807) is 32.4 Å². The van der Waals surface area contributed by atoms with E-state index in [1.165, 1.54) is 6.07 Å². The highest BCUT2D eigenvalue weighted by Gasteiger charge is 2.24. The van der Waals surface area contributed by atoms with Crippen molar-refractivity contribution in [1.29, 1.82) is 0 Å². The topological polar surface area (TPSA) is 72.8 Å². The quantitative estimate of drug-likeness (QED) is 0.315. The molecule has 0 aromatic heterocycles. The van der Waals surface area contributed by atoms with Gasteiger partial charge in [0.1, 0.15) is 16.4 Å². The zero-order chi connectivity index (χ0) is 23.4. The van der Waals surface area contributed by atoms with Gasteiger partial charge in [-0.05, 0) is 42.3 Å². The molecule has 1 unspecified atom stereocenters. The van der Waals surface area contributed by atoms with Crippen molar-refractivity contribution in [2.75, 3.05) is 14.2 Å². The van der Waals surface area contributed by atoms with Crippen molar-refractivity contribution in [2.24, 2.45) is 0 Å². The molecule has 1 atom stereocenters. The first-order chi connectivity index (χ1) is 15.9. The molecule has 4 rings (SSSR count). The summed E-state index contributed by atoms with van der Waals surface area (Å²) < 4.78 is 45.2. The van der Waals surface area contributed by atoms with Crippen molar-refractivity contribution in [2.45, 2.75) is 4.90 Å². The number of benzene rings is 4. The second kappa shape index (κ2) is 9.75. The standard InChI is InChI=1S/C26H23O5PS/c1-30-22-11-8-12-23(31-2)26(22)19-15-17-21(18-16-19)32(20-9-4-3-5-10-20)24-13-6-7-14-25(24)33(27,28)29/h3-18H,1-2H3,(H,27,28,29). The zero-order valence-electron chi connectivity index (χ0n) is 18.2. The van der Waals surface area contributed by atoms with Crippen LogP contribution in [0.4, 0.5) is 0 Å². The van der Waals surface area contributed by atoms with Gasteiger partial charge in [-0.1, -0.05) is 78.9 Å². The predicted molar refractivity (Wildman–Crippen MR) is 134 cm³/mol. The molecule has 0 radical (unpaired) electrons. The summed E-state index contributed by atoms with van der Waals surface area (Å²) in [5.74, 6) is 1.40. The third-order valence-electron chi connectivity index (χ3n) is 5.24. The summed E-state index contributed by atoms with van der Waals surface area (Å²) in [6.45, 7) is 0. The van der Waals surface area contributed by atoms with Gasteiger partial charge in [-0.2, -0.15) is 8.42 Å². The van der Waals surface area contributed by atoms with Gasteiger partial charge in [0.2, 0.25) is 0 Å². The van der Waals surface area contributed by atoms with E-state index in [0.717, 1.165) is 21.7 Å². The van der Waals surface area contributed by atoms with Crippen LogP contribution < -0.4 is 25.4 Å². The Morgan fingerprint density at radius 2 is 1.21 bits per heavy atom. The molecule has 0 saturated heterocycles. The second-order valence-electron chi connectivity index (χ2n) is 7.20. The van der Waals surface area contributed by atoms with Crippen LogP contribution in [0.2, 0.25) is 0 Å². The minimum atomic E-state index is -4.38. The van der Waals surface area contributed by atoms with Gasteiger partial charge in [0.05, 0.1) is 19.8 Å². The summed E-state index contributed by atoms with van der Waals surface area (Å²) in [5, 5.41) is 2.50. The maximum absolute atomic E-state index is 12.1.